The second-order valence-corrected chi connectivity index (χ2v) is 9.11. The fourth-order valence-corrected chi connectivity index (χ4v) is 6.37. The predicted octanol–water partition coefficient (Wildman–Crippen LogP) is 5.16. The molecule has 0 heterocycles. The molecule has 0 saturated heterocycles. The Balaban J connectivity index is 1.73. The highest BCUT2D eigenvalue weighted by Crippen LogP contribution is 2.70. The van der Waals surface area contributed by atoms with Gasteiger partial charge in [-0.25, -0.2) is 0 Å². The van der Waals surface area contributed by atoms with Crippen LogP contribution in [0.4, 0.5) is 0 Å². The van der Waals surface area contributed by atoms with Crippen LogP contribution in [-0.4, -0.2) is 16.0 Å². The summed E-state index contributed by atoms with van der Waals surface area (Å²) in [5, 5.41) is 25.4. The number of rotatable bonds is 3. The second-order valence-electron chi connectivity index (χ2n) is 9.11. The maximum Gasteiger partial charge on any atom is 0.170 e. The van der Waals surface area contributed by atoms with E-state index in [-0.39, 0.29) is 5.78 Å². The van der Waals surface area contributed by atoms with Crippen molar-refractivity contribution in [1.82, 2.24) is 0 Å². The van der Waals surface area contributed by atoms with Crippen molar-refractivity contribution in [2.45, 2.75) is 23.0 Å². The molecule has 1 fully saturated rings. The maximum absolute atomic E-state index is 13.9. The lowest BCUT2D eigenvalue weighted by molar-refractivity contribution is -0.159. The van der Waals surface area contributed by atoms with Gasteiger partial charge in [0, 0.05) is 17.4 Å². The molecule has 0 bridgehead atoms. The van der Waals surface area contributed by atoms with Gasteiger partial charge in [-0.3, -0.25) is 4.79 Å². The number of carbonyl (C=O) groups excluding carboxylic acids is 1. The van der Waals surface area contributed by atoms with Gasteiger partial charge >= 0.3 is 0 Å². The van der Waals surface area contributed by atoms with Gasteiger partial charge < -0.3 is 10.2 Å². The number of benzene rings is 4. The number of aliphatic hydroxyl groups is 2. The molecular formula is C30H24O3. The number of hydrogen-bond donors (Lipinski definition) is 2. The molecule has 2 N–H and O–H groups in total. The molecule has 3 nitrogen and oxygen atoms in total. The van der Waals surface area contributed by atoms with Gasteiger partial charge in [0.2, 0.25) is 0 Å². The zero-order valence-electron chi connectivity index (χ0n) is 18.0. The standard InChI is InChI=1S/C30H24O3/c31-28-23-18-10-11-19-24(23)30(33)27(28)25(20-12-4-1-5-13-20)26(21-14-6-2-7-15-21)29(30,32)22-16-8-3-9-17-22/h1-19,25-27,32-33H/t25-,26+,27-,29+,30+/m0/s1. The highest BCUT2D eigenvalue weighted by atomic mass is 16.4. The summed E-state index contributed by atoms with van der Waals surface area (Å²) >= 11 is 0. The fourth-order valence-electron chi connectivity index (χ4n) is 6.37. The lowest BCUT2D eigenvalue weighted by Gasteiger charge is -2.42. The molecule has 0 unspecified atom stereocenters. The van der Waals surface area contributed by atoms with E-state index < -0.39 is 29.0 Å². The van der Waals surface area contributed by atoms with Gasteiger partial charge in [0.25, 0.3) is 0 Å². The normalized spacial score (nSPS) is 30.1. The third-order valence-corrected chi connectivity index (χ3v) is 7.64. The van der Waals surface area contributed by atoms with E-state index in [1.807, 2.05) is 103 Å². The molecule has 6 rings (SSSR count). The molecule has 0 amide bonds. The topological polar surface area (TPSA) is 57.5 Å². The van der Waals surface area contributed by atoms with Crippen molar-refractivity contribution in [3.05, 3.63) is 143 Å². The van der Waals surface area contributed by atoms with E-state index in [1.165, 1.54) is 0 Å². The lowest BCUT2D eigenvalue weighted by atomic mass is 9.69. The lowest BCUT2D eigenvalue weighted by Crippen LogP contribution is -2.49. The molecule has 0 radical (unpaired) electrons. The smallest absolute Gasteiger partial charge is 0.170 e. The number of fused-ring (bicyclic) bond motifs is 3. The van der Waals surface area contributed by atoms with Crippen molar-refractivity contribution in [1.29, 1.82) is 0 Å². The van der Waals surface area contributed by atoms with Crippen molar-refractivity contribution in [3.63, 3.8) is 0 Å². The number of carbonyl (C=O) groups is 1. The summed E-state index contributed by atoms with van der Waals surface area (Å²) in [6, 6.07) is 36.1. The van der Waals surface area contributed by atoms with E-state index in [1.54, 1.807) is 12.1 Å². The largest absolute Gasteiger partial charge is 0.381 e. The maximum atomic E-state index is 13.9. The first-order valence-corrected chi connectivity index (χ1v) is 11.3. The van der Waals surface area contributed by atoms with Crippen molar-refractivity contribution < 1.29 is 15.0 Å². The van der Waals surface area contributed by atoms with Crippen LogP contribution in [0.3, 0.4) is 0 Å². The summed E-state index contributed by atoms with van der Waals surface area (Å²) in [5.74, 6) is -1.87. The summed E-state index contributed by atoms with van der Waals surface area (Å²) in [6.07, 6.45) is 0. The quantitative estimate of drug-likeness (QED) is 0.470. The summed E-state index contributed by atoms with van der Waals surface area (Å²) < 4.78 is 0. The second kappa shape index (κ2) is 7.24. The van der Waals surface area contributed by atoms with E-state index in [9.17, 15) is 15.0 Å². The SMILES string of the molecule is O=C1c2ccccc2[C@@]2(O)[C@H]1[C@@H](c1ccccc1)[C@@H](c1ccccc1)[C@]2(O)c1ccccc1. The van der Waals surface area contributed by atoms with Gasteiger partial charge in [0.15, 0.2) is 5.78 Å². The Bertz CT molecular complexity index is 1320. The van der Waals surface area contributed by atoms with Crippen LogP contribution < -0.4 is 0 Å². The van der Waals surface area contributed by atoms with Gasteiger partial charge in [-0.1, -0.05) is 115 Å². The van der Waals surface area contributed by atoms with Gasteiger partial charge in [-0.15, -0.1) is 0 Å². The van der Waals surface area contributed by atoms with E-state index >= 15 is 0 Å². The molecule has 0 spiro atoms. The Kier molecular flexibility index (Phi) is 4.41. The highest BCUT2D eigenvalue weighted by Gasteiger charge is 2.75. The zero-order chi connectivity index (χ0) is 22.6. The molecular weight excluding hydrogens is 408 g/mol. The Morgan fingerprint density at radius 3 is 1.70 bits per heavy atom. The van der Waals surface area contributed by atoms with Crippen LogP contribution in [0.15, 0.2) is 115 Å². The highest BCUT2D eigenvalue weighted by molar-refractivity contribution is 6.05. The summed E-state index contributed by atoms with van der Waals surface area (Å²) in [7, 11) is 0. The minimum atomic E-state index is -1.77. The average Bonchev–Trinajstić information content (AvgIpc) is 3.24. The molecule has 5 atom stereocenters. The first-order valence-electron chi connectivity index (χ1n) is 11.3. The van der Waals surface area contributed by atoms with E-state index in [0.29, 0.717) is 16.7 Å². The number of Topliss-reactive ketones (excluding diaryl/α,β-unsaturated/α-hetero) is 1. The minimum absolute atomic E-state index is 0.116. The van der Waals surface area contributed by atoms with Crippen LogP contribution in [0.25, 0.3) is 0 Å². The summed E-state index contributed by atoms with van der Waals surface area (Å²) in [4.78, 5) is 13.9. The molecule has 2 aliphatic rings. The molecule has 33 heavy (non-hydrogen) atoms. The van der Waals surface area contributed by atoms with E-state index in [0.717, 1.165) is 11.1 Å². The third-order valence-electron chi connectivity index (χ3n) is 7.64. The van der Waals surface area contributed by atoms with Crippen LogP contribution in [0, 0.1) is 5.92 Å². The molecule has 3 heteroatoms. The van der Waals surface area contributed by atoms with Crippen molar-refractivity contribution >= 4 is 5.78 Å². The van der Waals surface area contributed by atoms with Crippen LogP contribution in [-0.2, 0) is 11.2 Å². The Morgan fingerprint density at radius 2 is 1.06 bits per heavy atom. The van der Waals surface area contributed by atoms with Gasteiger partial charge in [-0.2, -0.15) is 0 Å². The van der Waals surface area contributed by atoms with Crippen molar-refractivity contribution in [3.8, 4) is 0 Å². The average molecular weight is 433 g/mol. The number of hydrogen-bond acceptors (Lipinski definition) is 3. The Morgan fingerprint density at radius 1 is 0.545 bits per heavy atom. The van der Waals surface area contributed by atoms with Crippen molar-refractivity contribution in [2.75, 3.05) is 0 Å². The van der Waals surface area contributed by atoms with E-state index in [2.05, 4.69) is 0 Å². The molecule has 4 aromatic carbocycles. The zero-order valence-corrected chi connectivity index (χ0v) is 18.0. The Labute approximate surface area is 193 Å². The third kappa shape index (κ3) is 2.55. The fraction of sp³-hybridized carbons (Fsp3) is 0.167. The van der Waals surface area contributed by atoms with Crippen LogP contribution in [0.5, 0.6) is 0 Å². The monoisotopic (exact) mass is 432 g/mol. The minimum Gasteiger partial charge on any atom is -0.381 e. The van der Waals surface area contributed by atoms with Gasteiger partial charge in [-0.05, 0) is 22.3 Å². The van der Waals surface area contributed by atoms with Crippen LogP contribution >= 0.6 is 0 Å². The molecule has 4 aromatic rings. The predicted molar refractivity (Wildman–Crippen MR) is 127 cm³/mol. The Hall–Kier alpha value is -3.53. The number of ketones is 1. The summed E-state index contributed by atoms with van der Waals surface area (Å²) in [5.41, 5.74) is -0.0630. The first kappa shape index (κ1) is 20.1. The van der Waals surface area contributed by atoms with Crippen LogP contribution in [0.1, 0.15) is 44.4 Å². The molecule has 2 aliphatic carbocycles. The van der Waals surface area contributed by atoms with Gasteiger partial charge in [0.05, 0.1) is 5.92 Å². The first-order chi connectivity index (χ1) is 16.1. The molecule has 162 valence electrons. The van der Waals surface area contributed by atoms with Crippen LogP contribution in [0.2, 0.25) is 0 Å². The van der Waals surface area contributed by atoms with Crippen molar-refractivity contribution in [2.24, 2.45) is 5.92 Å². The summed E-state index contributed by atoms with van der Waals surface area (Å²) in [6.45, 7) is 0. The molecule has 1 saturated carbocycles. The molecule has 0 aliphatic heterocycles. The van der Waals surface area contributed by atoms with Gasteiger partial charge in [0.1, 0.15) is 11.2 Å². The van der Waals surface area contributed by atoms with E-state index in [4.69, 9.17) is 0 Å². The molecule has 0 aromatic heterocycles.